The van der Waals surface area contributed by atoms with Crippen molar-refractivity contribution in [3.8, 4) is 0 Å². The number of aliphatic hydroxyl groups excluding tert-OH is 2. The van der Waals surface area contributed by atoms with Crippen molar-refractivity contribution in [1.82, 2.24) is 5.32 Å². The van der Waals surface area contributed by atoms with Gasteiger partial charge in [0.15, 0.2) is 0 Å². The normalized spacial score (nSPS) is 43.5. The van der Waals surface area contributed by atoms with Gasteiger partial charge in [-0.1, -0.05) is 30.3 Å². The van der Waals surface area contributed by atoms with Gasteiger partial charge in [0.05, 0.1) is 12.2 Å². The predicted molar refractivity (Wildman–Crippen MR) is 90.0 cm³/mol. The summed E-state index contributed by atoms with van der Waals surface area (Å²) in [5.74, 6) is 0.302. The highest BCUT2D eigenvalue weighted by Gasteiger charge is 2.58. The molecule has 3 aliphatic carbocycles. The van der Waals surface area contributed by atoms with Crippen molar-refractivity contribution in [1.29, 1.82) is 0 Å². The Bertz CT molecular complexity index is 608. The van der Waals surface area contributed by atoms with E-state index in [-0.39, 0.29) is 41.7 Å². The van der Waals surface area contributed by atoms with Crippen LogP contribution in [-0.4, -0.2) is 40.4 Å². The highest BCUT2D eigenvalue weighted by Crippen LogP contribution is 2.53. The van der Waals surface area contributed by atoms with Crippen LogP contribution >= 0.6 is 0 Å². The number of nitrogens with one attached hydrogen (secondary N) is 1. The van der Waals surface area contributed by atoms with Gasteiger partial charge in [0, 0.05) is 30.3 Å². The highest BCUT2D eigenvalue weighted by atomic mass is 16.3. The van der Waals surface area contributed by atoms with E-state index < -0.39 is 12.2 Å². The molecule has 4 rings (SSSR count). The van der Waals surface area contributed by atoms with Crippen molar-refractivity contribution >= 4 is 5.91 Å². The van der Waals surface area contributed by atoms with Crippen LogP contribution in [0.2, 0.25) is 0 Å². The number of fused-ring (bicyclic) bond motifs is 2. The summed E-state index contributed by atoms with van der Waals surface area (Å²) < 4.78 is 0. The van der Waals surface area contributed by atoms with E-state index in [1.54, 1.807) is 0 Å². The van der Waals surface area contributed by atoms with E-state index in [2.05, 4.69) is 5.32 Å². The molecule has 3 fully saturated rings. The smallest absolute Gasteiger partial charge is 0.220 e. The van der Waals surface area contributed by atoms with E-state index in [1.165, 1.54) is 0 Å². The van der Waals surface area contributed by atoms with Gasteiger partial charge < -0.3 is 21.3 Å². The molecule has 1 aromatic rings. The third-order valence-electron chi connectivity index (χ3n) is 6.52. The van der Waals surface area contributed by atoms with Crippen molar-refractivity contribution in [3.63, 3.8) is 0 Å². The summed E-state index contributed by atoms with van der Waals surface area (Å²) in [5, 5.41) is 23.8. The van der Waals surface area contributed by atoms with E-state index in [0.29, 0.717) is 6.42 Å². The van der Waals surface area contributed by atoms with Crippen molar-refractivity contribution in [2.45, 2.75) is 55.9 Å². The molecule has 5 nitrogen and oxygen atoms in total. The topological polar surface area (TPSA) is 95.6 Å². The molecule has 0 heterocycles. The second kappa shape index (κ2) is 6.14. The molecule has 2 unspecified atom stereocenters. The monoisotopic (exact) mass is 330 g/mol. The zero-order valence-corrected chi connectivity index (χ0v) is 13.7. The zero-order chi connectivity index (χ0) is 16.8. The van der Waals surface area contributed by atoms with E-state index in [4.69, 9.17) is 5.73 Å². The van der Waals surface area contributed by atoms with Crippen LogP contribution in [0.5, 0.6) is 0 Å². The molecule has 0 saturated heterocycles. The first-order chi connectivity index (χ1) is 11.6. The molecule has 130 valence electrons. The SMILES string of the molecule is NC1CCC1CC(=O)N[C@H]1[C@@H]2C[C@@H]([C@@H](O)[C@H]2O)[C@@H]1c1ccccc1. The molecule has 8 atom stereocenters. The van der Waals surface area contributed by atoms with Crippen LogP contribution in [-0.2, 0) is 4.79 Å². The maximum absolute atomic E-state index is 12.5. The quantitative estimate of drug-likeness (QED) is 0.655. The minimum atomic E-state index is -0.744. The molecule has 0 radical (unpaired) electrons. The third kappa shape index (κ3) is 2.55. The number of rotatable bonds is 4. The Kier molecular flexibility index (Phi) is 4.11. The van der Waals surface area contributed by atoms with Gasteiger partial charge in [0.1, 0.15) is 0 Å². The fourth-order valence-electron chi connectivity index (χ4n) is 5.01. The first kappa shape index (κ1) is 16.1. The van der Waals surface area contributed by atoms with Gasteiger partial charge >= 0.3 is 0 Å². The average Bonchev–Trinajstić information content (AvgIpc) is 3.09. The molecule has 3 saturated carbocycles. The number of nitrogens with two attached hydrogens (primary N) is 1. The first-order valence-electron chi connectivity index (χ1n) is 9.02. The maximum Gasteiger partial charge on any atom is 0.220 e. The molecule has 3 aliphatic rings. The minimum absolute atomic E-state index is 0.00339. The molecule has 1 amide bonds. The number of aliphatic hydroxyl groups is 2. The lowest BCUT2D eigenvalue weighted by atomic mass is 9.76. The van der Waals surface area contributed by atoms with Crippen LogP contribution in [0.15, 0.2) is 30.3 Å². The van der Waals surface area contributed by atoms with Crippen LogP contribution < -0.4 is 11.1 Å². The van der Waals surface area contributed by atoms with Gasteiger partial charge in [0.2, 0.25) is 5.91 Å². The number of hydrogen-bond acceptors (Lipinski definition) is 4. The van der Waals surface area contributed by atoms with Crippen molar-refractivity contribution in [2.24, 2.45) is 23.5 Å². The first-order valence-corrected chi connectivity index (χ1v) is 9.02. The molecule has 24 heavy (non-hydrogen) atoms. The van der Waals surface area contributed by atoms with Gasteiger partial charge in [-0.2, -0.15) is 0 Å². The minimum Gasteiger partial charge on any atom is -0.390 e. The summed E-state index contributed by atoms with van der Waals surface area (Å²) in [5.41, 5.74) is 7.07. The summed E-state index contributed by atoms with van der Waals surface area (Å²) in [7, 11) is 0. The van der Waals surface area contributed by atoms with E-state index in [0.717, 1.165) is 24.8 Å². The summed E-state index contributed by atoms with van der Waals surface area (Å²) >= 11 is 0. The Morgan fingerprint density at radius 3 is 2.46 bits per heavy atom. The lowest BCUT2D eigenvalue weighted by molar-refractivity contribution is -0.125. The van der Waals surface area contributed by atoms with Crippen molar-refractivity contribution < 1.29 is 15.0 Å². The fraction of sp³-hybridized carbons (Fsp3) is 0.632. The zero-order valence-electron chi connectivity index (χ0n) is 13.7. The van der Waals surface area contributed by atoms with Gasteiger partial charge in [-0.25, -0.2) is 0 Å². The van der Waals surface area contributed by atoms with Crippen LogP contribution in [0, 0.1) is 17.8 Å². The largest absolute Gasteiger partial charge is 0.390 e. The standard InChI is InChI=1S/C19H26N2O3/c20-14-7-6-11(14)8-15(22)21-17-13-9-12(18(23)19(13)24)16(17)10-4-2-1-3-5-10/h1-5,11-14,16-19,23-24H,6-9,20H2,(H,21,22)/t11?,12-,13+,14?,16+,17+,18-,19+/m1/s1. The number of benzene rings is 1. The molecule has 5 N–H and O–H groups in total. The molecule has 0 aromatic heterocycles. The van der Waals surface area contributed by atoms with Crippen molar-refractivity contribution in [3.05, 3.63) is 35.9 Å². The summed E-state index contributed by atoms with van der Waals surface area (Å²) in [6.45, 7) is 0. The Labute approximate surface area is 142 Å². The van der Waals surface area contributed by atoms with Crippen LogP contribution in [0.1, 0.15) is 37.2 Å². The van der Waals surface area contributed by atoms with Crippen LogP contribution in [0.4, 0.5) is 0 Å². The lowest BCUT2D eigenvalue weighted by Crippen LogP contribution is -2.52. The van der Waals surface area contributed by atoms with Crippen LogP contribution in [0.3, 0.4) is 0 Å². The number of amides is 1. The van der Waals surface area contributed by atoms with Gasteiger partial charge in [0.25, 0.3) is 0 Å². The second-order valence-electron chi connectivity index (χ2n) is 7.78. The molecule has 2 bridgehead atoms. The average molecular weight is 330 g/mol. The van der Waals surface area contributed by atoms with Gasteiger partial charge in [-0.15, -0.1) is 0 Å². The lowest BCUT2D eigenvalue weighted by Gasteiger charge is -2.38. The number of carbonyl (C=O) groups is 1. The van der Waals surface area contributed by atoms with E-state index >= 15 is 0 Å². The molecule has 1 aromatic carbocycles. The number of carbonyl (C=O) groups excluding carboxylic acids is 1. The Morgan fingerprint density at radius 1 is 1.12 bits per heavy atom. The maximum atomic E-state index is 12.5. The summed E-state index contributed by atoms with van der Waals surface area (Å²) in [4.78, 5) is 12.5. The highest BCUT2D eigenvalue weighted by molar-refractivity contribution is 5.77. The summed E-state index contributed by atoms with van der Waals surface area (Å²) in [6.07, 6.45) is 1.81. The Morgan fingerprint density at radius 2 is 1.83 bits per heavy atom. The van der Waals surface area contributed by atoms with Gasteiger partial charge in [-0.3, -0.25) is 4.79 Å². The fourth-order valence-corrected chi connectivity index (χ4v) is 5.01. The van der Waals surface area contributed by atoms with Crippen molar-refractivity contribution in [2.75, 3.05) is 0 Å². The number of hydrogen-bond donors (Lipinski definition) is 4. The molecule has 5 heteroatoms. The van der Waals surface area contributed by atoms with E-state index in [1.807, 2.05) is 30.3 Å². The molecular formula is C19H26N2O3. The van der Waals surface area contributed by atoms with Gasteiger partial charge in [-0.05, 0) is 36.7 Å². The predicted octanol–water partition coefficient (Wildman–Crippen LogP) is 0.754. The third-order valence-corrected chi connectivity index (χ3v) is 6.52. The Hall–Kier alpha value is -1.43. The molecule has 0 spiro atoms. The van der Waals surface area contributed by atoms with E-state index in [9.17, 15) is 15.0 Å². The second-order valence-corrected chi connectivity index (χ2v) is 7.78. The summed E-state index contributed by atoms with van der Waals surface area (Å²) in [6, 6.07) is 10.1. The Balaban J connectivity index is 1.52. The van der Waals surface area contributed by atoms with Crippen LogP contribution in [0.25, 0.3) is 0 Å². The molecular weight excluding hydrogens is 304 g/mol. The molecule has 0 aliphatic heterocycles.